The summed E-state index contributed by atoms with van der Waals surface area (Å²) in [5, 5.41) is 4.13. The number of rotatable bonds is 4. The van der Waals surface area contributed by atoms with Gasteiger partial charge in [-0.25, -0.2) is 10.2 Å². The van der Waals surface area contributed by atoms with Gasteiger partial charge in [0.25, 0.3) is 0 Å². The first-order chi connectivity index (χ1) is 13.4. The van der Waals surface area contributed by atoms with Crippen LogP contribution in [0.2, 0.25) is 0 Å². The molecule has 150 valence electrons. The summed E-state index contributed by atoms with van der Waals surface area (Å²) in [6.07, 6.45) is 5.29. The van der Waals surface area contributed by atoms with Crippen molar-refractivity contribution in [2.75, 3.05) is 26.3 Å². The van der Waals surface area contributed by atoms with Crippen LogP contribution < -0.4 is 5.43 Å². The number of allylic oxidation sites excluding steroid dienone is 2. The molecule has 0 aromatic heterocycles. The number of carbonyl (C=O) groups excluding carboxylic acids is 1. The SMILES string of the molecule is CC(C)(C)OC(=O)NN=CC1=C(N2CCOCC2)C(=Cc2ccccc2)CC1. The van der Waals surface area contributed by atoms with Crippen LogP contribution in [0, 0.1) is 0 Å². The number of hydrogen-bond donors (Lipinski definition) is 1. The maximum absolute atomic E-state index is 11.8. The van der Waals surface area contributed by atoms with Crippen molar-refractivity contribution >= 4 is 18.4 Å². The van der Waals surface area contributed by atoms with Crippen LogP contribution in [0.5, 0.6) is 0 Å². The highest BCUT2D eigenvalue weighted by molar-refractivity contribution is 5.84. The van der Waals surface area contributed by atoms with Crippen molar-refractivity contribution in [1.29, 1.82) is 0 Å². The minimum atomic E-state index is -0.546. The Morgan fingerprint density at radius 2 is 1.89 bits per heavy atom. The van der Waals surface area contributed by atoms with Crippen LogP contribution in [0.3, 0.4) is 0 Å². The molecular formula is C22H29N3O3. The van der Waals surface area contributed by atoms with Crippen molar-refractivity contribution in [1.82, 2.24) is 10.3 Å². The number of morpholine rings is 1. The number of amides is 1. The summed E-state index contributed by atoms with van der Waals surface area (Å²) >= 11 is 0. The summed E-state index contributed by atoms with van der Waals surface area (Å²) in [5.74, 6) is 0. The van der Waals surface area contributed by atoms with Gasteiger partial charge >= 0.3 is 6.09 Å². The van der Waals surface area contributed by atoms with E-state index in [1.165, 1.54) is 16.8 Å². The van der Waals surface area contributed by atoms with Gasteiger partial charge in [-0.2, -0.15) is 5.10 Å². The summed E-state index contributed by atoms with van der Waals surface area (Å²) in [7, 11) is 0. The fourth-order valence-electron chi connectivity index (χ4n) is 3.39. The Morgan fingerprint density at radius 1 is 1.18 bits per heavy atom. The molecule has 6 nitrogen and oxygen atoms in total. The minimum Gasteiger partial charge on any atom is -0.443 e. The first-order valence-corrected chi connectivity index (χ1v) is 9.76. The monoisotopic (exact) mass is 383 g/mol. The standard InChI is InChI=1S/C22H29N3O3/c1-22(2,3)28-21(26)24-23-16-19-10-9-18(15-17-7-5-4-6-8-17)20(19)25-11-13-27-14-12-25/h4-8,15-16H,9-14H2,1-3H3,(H,24,26). The van der Waals surface area contributed by atoms with E-state index < -0.39 is 11.7 Å². The highest BCUT2D eigenvalue weighted by Gasteiger charge is 2.25. The minimum absolute atomic E-state index is 0.545. The van der Waals surface area contributed by atoms with E-state index in [4.69, 9.17) is 9.47 Å². The van der Waals surface area contributed by atoms with Crippen LogP contribution >= 0.6 is 0 Å². The van der Waals surface area contributed by atoms with Gasteiger partial charge < -0.3 is 14.4 Å². The van der Waals surface area contributed by atoms with Crippen LogP contribution in [0.25, 0.3) is 6.08 Å². The molecule has 0 spiro atoms. The highest BCUT2D eigenvalue weighted by atomic mass is 16.6. The smallest absolute Gasteiger partial charge is 0.428 e. The lowest BCUT2D eigenvalue weighted by atomic mass is 10.1. The van der Waals surface area contributed by atoms with E-state index in [0.717, 1.165) is 44.7 Å². The lowest BCUT2D eigenvalue weighted by molar-refractivity contribution is 0.0529. The summed E-state index contributed by atoms with van der Waals surface area (Å²) in [6.45, 7) is 8.65. The molecule has 3 rings (SSSR count). The van der Waals surface area contributed by atoms with Gasteiger partial charge in [-0.3, -0.25) is 0 Å². The molecule has 28 heavy (non-hydrogen) atoms. The second kappa shape index (κ2) is 9.06. The van der Waals surface area contributed by atoms with Crippen LogP contribution in [-0.4, -0.2) is 49.1 Å². The van der Waals surface area contributed by atoms with Crippen molar-refractivity contribution in [2.45, 2.75) is 39.2 Å². The van der Waals surface area contributed by atoms with Crippen LogP contribution in [0.15, 0.2) is 52.3 Å². The predicted octanol–water partition coefficient (Wildman–Crippen LogP) is 3.96. The zero-order valence-corrected chi connectivity index (χ0v) is 16.9. The van der Waals surface area contributed by atoms with Gasteiger partial charge in [0.15, 0.2) is 0 Å². The molecule has 0 atom stereocenters. The van der Waals surface area contributed by atoms with Crippen molar-refractivity contribution in [3.05, 3.63) is 52.7 Å². The van der Waals surface area contributed by atoms with Crippen LogP contribution in [0.4, 0.5) is 4.79 Å². The third-order valence-electron chi connectivity index (χ3n) is 4.51. The molecule has 1 N–H and O–H groups in total. The highest BCUT2D eigenvalue weighted by Crippen LogP contribution is 2.34. The zero-order chi connectivity index (χ0) is 20.0. The Labute approximate surface area is 166 Å². The molecule has 1 aromatic carbocycles. The quantitative estimate of drug-likeness (QED) is 0.631. The number of hydrazone groups is 1. The molecule has 1 aliphatic heterocycles. The molecule has 0 saturated carbocycles. The van der Waals surface area contributed by atoms with Gasteiger partial charge in [-0.05, 0) is 56.4 Å². The Hall–Kier alpha value is -2.60. The summed E-state index contributed by atoms with van der Waals surface area (Å²) in [4.78, 5) is 14.2. The normalized spacial score (nSPS) is 19.5. The second-order valence-corrected chi connectivity index (χ2v) is 7.93. The van der Waals surface area contributed by atoms with E-state index in [2.05, 4.69) is 33.6 Å². The maximum Gasteiger partial charge on any atom is 0.428 e. The van der Waals surface area contributed by atoms with Crippen molar-refractivity contribution < 1.29 is 14.3 Å². The number of hydrogen-bond acceptors (Lipinski definition) is 5. The lowest BCUT2D eigenvalue weighted by Gasteiger charge is -2.31. The van der Waals surface area contributed by atoms with Crippen molar-refractivity contribution in [3.63, 3.8) is 0 Å². The Bertz CT molecular complexity index is 770. The Kier molecular flexibility index (Phi) is 6.52. The average molecular weight is 383 g/mol. The topological polar surface area (TPSA) is 63.2 Å². The van der Waals surface area contributed by atoms with Crippen molar-refractivity contribution in [2.24, 2.45) is 5.10 Å². The van der Waals surface area contributed by atoms with E-state index in [1.54, 1.807) is 6.21 Å². The van der Waals surface area contributed by atoms with Gasteiger partial charge in [0.2, 0.25) is 0 Å². The molecule has 1 aromatic rings. The fourth-order valence-corrected chi connectivity index (χ4v) is 3.39. The molecule has 0 bridgehead atoms. The Morgan fingerprint density at radius 3 is 2.57 bits per heavy atom. The van der Waals surface area contributed by atoms with Crippen LogP contribution in [-0.2, 0) is 9.47 Å². The summed E-state index contributed by atoms with van der Waals surface area (Å²) in [6, 6.07) is 10.3. The van der Waals surface area contributed by atoms with Crippen LogP contribution in [0.1, 0.15) is 39.2 Å². The Balaban J connectivity index is 1.80. The third kappa shape index (κ3) is 5.70. The summed E-state index contributed by atoms with van der Waals surface area (Å²) < 4.78 is 10.7. The molecule has 1 aliphatic carbocycles. The first kappa shape index (κ1) is 20.1. The molecule has 0 radical (unpaired) electrons. The maximum atomic E-state index is 11.8. The average Bonchev–Trinajstić information content (AvgIpc) is 3.04. The largest absolute Gasteiger partial charge is 0.443 e. The molecule has 1 heterocycles. The van der Waals surface area contributed by atoms with Crippen molar-refractivity contribution in [3.8, 4) is 0 Å². The van der Waals surface area contributed by atoms with Gasteiger partial charge in [-0.15, -0.1) is 0 Å². The van der Waals surface area contributed by atoms with E-state index in [0.29, 0.717) is 0 Å². The molecule has 1 saturated heterocycles. The van der Waals surface area contributed by atoms with Gasteiger partial charge in [-0.1, -0.05) is 30.3 Å². The lowest BCUT2D eigenvalue weighted by Crippen LogP contribution is -2.36. The number of nitrogens with zero attached hydrogens (tertiary/aromatic N) is 2. The molecule has 1 amide bonds. The fraction of sp³-hybridized carbons (Fsp3) is 0.455. The zero-order valence-electron chi connectivity index (χ0n) is 16.9. The third-order valence-corrected chi connectivity index (χ3v) is 4.51. The molecule has 1 fully saturated rings. The molecular weight excluding hydrogens is 354 g/mol. The number of ether oxygens (including phenoxy) is 2. The van der Waals surface area contributed by atoms with E-state index >= 15 is 0 Å². The predicted molar refractivity (Wildman–Crippen MR) is 111 cm³/mol. The number of carbonyl (C=O) groups is 1. The molecule has 6 heteroatoms. The van der Waals surface area contributed by atoms with E-state index in [-0.39, 0.29) is 0 Å². The van der Waals surface area contributed by atoms with E-state index in [9.17, 15) is 4.79 Å². The van der Waals surface area contributed by atoms with Gasteiger partial charge in [0, 0.05) is 18.8 Å². The van der Waals surface area contributed by atoms with Gasteiger partial charge in [0.1, 0.15) is 5.60 Å². The van der Waals surface area contributed by atoms with E-state index in [1.807, 2.05) is 39.0 Å². The van der Waals surface area contributed by atoms with Gasteiger partial charge in [0.05, 0.1) is 19.4 Å². The first-order valence-electron chi connectivity index (χ1n) is 9.76. The second-order valence-electron chi connectivity index (χ2n) is 7.93. The summed E-state index contributed by atoms with van der Waals surface area (Å²) in [5.41, 5.74) is 6.74. The molecule has 2 aliphatic rings. The number of nitrogens with one attached hydrogen (secondary N) is 1. The number of benzene rings is 1. The molecule has 0 unspecified atom stereocenters.